The lowest BCUT2D eigenvalue weighted by molar-refractivity contribution is -0.139. The zero-order valence-corrected chi connectivity index (χ0v) is 17.5. The third kappa shape index (κ3) is 5.18. The van der Waals surface area contributed by atoms with E-state index in [9.17, 15) is 14.0 Å². The van der Waals surface area contributed by atoms with Gasteiger partial charge in [-0.2, -0.15) is 0 Å². The quantitative estimate of drug-likeness (QED) is 0.645. The molecule has 2 amide bonds. The van der Waals surface area contributed by atoms with Gasteiger partial charge in [0, 0.05) is 24.1 Å². The van der Waals surface area contributed by atoms with Gasteiger partial charge in [0.05, 0.1) is 24.5 Å². The molecule has 0 unspecified atom stereocenters. The fourth-order valence-corrected chi connectivity index (χ4v) is 3.71. The number of rotatable bonds is 6. The van der Waals surface area contributed by atoms with Crippen LogP contribution in [0.25, 0.3) is 11.3 Å². The fraction of sp³-hybridized carbons (Fsp3) is 0.240. The highest BCUT2D eigenvalue weighted by Gasteiger charge is 2.26. The Morgan fingerprint density at radius 1 is 1.06 bits per heavy atom. The molecule has 4 rings (SSSR count). The van der Waals surface area contributed by atoms with Gasteiger partial charge in [0.1, 0.15) is 11.9 Å². The van der Waals surface area contributed by atoms with E-state index in [1.165, 1.54) is 12.1 Å². The molecule has 0 radical (unpaired) electrons. The van der Waals surface area contributed by atoms with Gasteiger partial charge in [-0.05, 0) is 48.4 Å². The number of aromatic nitrogens is 1. The van der Waals surface area contributed by atoms with Crippen molar-refractivity contribution in [2.75, 3.05) is 19.7 Å². The molecule has 0 saturated carbocycles. The zero-order valence-electron chi connectivity index (χ0n) is 17.5. The van der Waals surface area contributed by atoms with Gasteiger partial charge >= 0.3 is 0 Å². The number of amides is 2. The molecule has 2 N–H and O–H groups in total. The largest absolute Gasteiger partial charge is 0.368 e. The Hall–Kier alpha value is -3.58. The molecule has 32 heavy (non-hydrogen) atoms. The number of benzene rings is 2. The molecule has 2 aromatic carbocycles. The molecule has 1 fully saturated rings. The summed E-state index contributed by atoms with van der Waals surface area (Å²) in [4.78, 5) is 30.5. The first kappa shape index (κ1) is 21.6. The third-order valence-electron chi connectivity index (χ3n) is 5.53. The maximum Gasteiger partial charge on any atom is 0.248 e. The smallest absolute Gasteiger partial charge is 0.248 e. The molecule has 164 valence electrons. The van der Waals surface area contributed by atoms with Crippen molar-refractivity contribution < 1.29 is 18.7 Å². The summed E-state index contributed by atoms with van der Waals surface area (Å²) >= 11 is 0. The molecule has 0 aliphatic carbocycles. The van der Waals surface area contributed by atoms with Crippen LogP contribution in [-0.4, -0.2) is 41.4 Å². The highest BCUT2D eigenvalue weighted by Crippen LogP contribution is 2.25. The third-order valence-corrected chi connectivity index (χ3v) is 5.53. The van der Waals surface area contributed by atoms with Crippen LogP contribution in [-0.2, 0) is 16.0 Å². The molecule has 1 aromatic heterocycles. The van der Waals surface area contributed by atoms with Gasteiger partial charge < -0.3 is 15.4 Å². The number of carbonyl (C=O) groups excluding carboxylic acids is 2. The molecule has 1 saturated heterocycles. The Kier molecular flexibility index (Phi) is 6.56. The van der Waals surface area contributed by atoms with E-state index in [4.69, 9.17) is 15.5 Å². The van der Waals surface area contributed by atoms with E-state index < -0.39 is 5.91 Å². The number of hydrogen-bond acceptors (Lipinski definition) is 4. The van der Waals surface area contributed by atoms with E-state index in [1.54, 1.807) is 41.3 Å². The lowest BCUT2D eigenvalue weighted by atomic mass is 10.1. The van der Waals surface area contributed by atoms with Gasteiger partial charge in [0.15, 0.2) is 0 Å². The van der Waals surface area contributed by atoms with Gasteiger partial charge in [0.25, 0.3) is 0 Å². The maximum absolute atomic E-state index is 13.1. The van der Waals surface area contributed by atoms with Gasteiger partial charge in [0.2, 0.25) is 11.8 Å². The molecule has 1 aliphatic rings. The predicted molar refractivity (Wildman–Crippen MR) is 118 cm³/mol. The molecule has 3 aromatic rings. The van der Waals surface area contributed by atoms with E-state index in [2.05, 4.69) is 0 Å². The van der Waals surface area contributed by atoms with Crippen molar-refractivity contribution >= 4 is 11.8 Å². The predicted octanol–water partition coefficient (Wildman–Crippen LogP) is 3.52. The highest BCUT2D eigenvalue weighted by atomic mass is 19.1. The van der Waals surface area contributed by atoms with Crippen LogP contribution in [0.2, 0.25) is 0 Å². The van der Waals surface area contributed by atoms with Crippen LogP contribution in [0.5, 0.6) is 0 Å². The number of halogens is 1. The van der Waals surface area contributed by atoms with Crippen LogP contribution in [0.4, 0.5) is 4.39 Å². The first-order valence-electron chi connectivity index (χ1n) is 10.5. The number of hydrogen-bond donors (Lipinski definition) is 1. The van der Waals surface area contributed by atoms with Gasteiger partial charge in [-0.15, -0.1) is 0 Å². The number of ether oxygens (including phenoxy) is 1. The minimum Gasteiger partial charge on any atom is -0.368 e. The minimum atomic E-state index is -0.474. The van der Waals surface area contributed by atoms with Crippen molar-refractivity contribution in [1.29, 1.82) is 0 Å². The summed E-state index contributed by atoms with van der Waals surface area (Å²) in [6.07, 6.45) is 0.608. The van der Waals surface area contributed by atoms with Crippen LogP contribution in [0.15, 0.2) is 66.7 Å². The normalized spacial score (nSPS) is 16.0. The van der Waals surface area contributed by atoms with Crippen molar-refractivity contribution in [3.63, 3.8) is 0 Å². The second kappa shape index (κ2) is 9.70. The van der Waals surface area contributed by atoms with Crippen molar-refractivity contribution in [3.8, 4) is 11.3 Å². The molecule has 0 spiro atoms. The summed E-state index contributed by atoms with van der Waals surface area (Å²) < 4.78 is 19.0. The topological polar surface area (TPSA) is 85.5 Å². The Labute approximate surface area is 185 Å². The molecule has 0 bridgehead atoms. The van der Waals surface area contributed by atoms with Gasteiger partial charge in [-0.3, -0.25) is 9.59 Å². The van der Waals surface area contributed by atoms with Crippen LogP contribution < -0.4 is 5.73 Å². The van der Waals surface area contributed by atoms with Crippen LogP contribution >= 0.6 is 0 Å². The molecule has 2 heterocycles. The lowest BCUT2D eigenvalue weighted by Gasteiger charge is -2.33. The summed E-state index contributed by atoms with van der Waals surface area (Å²) in [5, 5.41) is 0. The first-order chi connectivity index (χ1) is 15.5. The number of aryl methyl sites for hydroxylation is 1. The number of nitrogens with two attached hydrogens (primary N) is 1. The highest BCUT2D eigenvalue weighted by molar-refractivity contribution is 5.93. The Balaban J connectivity index is 1.41. The summed E-state index contributed by atoms with van der Waals surface area (Å²) in [6, 6.07) is 18.9. The molecule has 1 aliphatic heterocycles. The number of nitrogens with zero attached hydrogens (tertiary/aromatic N) is 2. The Morgan fingerprint density at radius 3 is 2.53 bits per heavy atom. The average molecular weight is 433 g/mol. The summed E-state index contributed by atoms with van der Waals surface area (Å²) in [5.41, 5.74) is 9.04. The van der Waals surface area contributed by atoms with Crippen LogP contribution in [0.3, 0.4) is 0 Å². The number of primary amides is 1. The van der Waals surface area contributed by atoms with Crippen molar-refractivity contribution in [2.45, 2.75) is 18.9 Å². The van der Waals surface area contributed by atoms with Crippen LogP contribution in [0, 0.1) is 5.82 Å². The SMILES string of the molecule is NC(=O)c1ccc(-c2cccc([C@H]3CN(C(=O)CCc4ccc(F)cc4)CCO3)n2)cc1. The van der Waals surface area contributed by atoms with Gasteiger partial charge in [-0.25, -0.2) is 9.37 Å². The van der Waals surface area contributed by atoms with E-state index in [1.807, 2.05) is 18.2 Å². The monoisotopic (exact) mass is 433 g/mol. The Bertz CT molecular complexity index is 1100. The minimum absolute atomic E-state index is 0.0424. The maximum atomic E-state index is 13.1. The fourth-order valence-electron chi connectivity index (χ4n) is 3.71. The lowest BCUT2D eigenvalue weighted by Crippen LogP contribution is -2.42. The number of carbonyl (C=O) groups is 2. The van der Waals surface area contributed by atoms with E-state index in [-0.39, 0.29) is 17.8 Å². The second-order valence-electron chi connectivity index (χ2n) is 7.71. The van der Waals surface area contributed by atoms with Crippen molar-refractivity contribution in [1.82, 2.24) is 9.88 Å². The van der Waals surface area contributed by atoms with E-state index >= 15 is 0 Å². The van der Waals surface area contributed by atoms with Crippen LogP contribution in [0.1, 0.15) is 34.1 Å². The zero-order chi connectivity index (χ0) is 22.5. The van der Waals surface area contributed by atoms with Crippen molar-refractivity contribution in [2.24, 2.45) is 5.73 Å². The van der Waals surface area contributed by atoms with E-state index in [0.717, 1.165) is 22.5 Å². The standard InChI is InChI=1S/C25H24FN3O3/c26-20-11-4-17(5-12-20)6-13-24(30)29-14-15-32-23(16-29)22-3-1-2-21(28-22)18-7-9-19(10-8-18)25(27)31/h1-5,7-12,23H,6,13-16H2,(H2,27,31)/t23-/m1/s1. The number of pyridine rings is 1. The molecular weight excluding hydrogens is 409 g/mol. The second-order valence-corrected chi connectivity index (χ2v) is 7.71. The van der Waals surface area contributed by atoms with E-state index in [0.29, 0.717) is 38.1 Å². The van der Waals surface area contributed by atoms with Crippen molar-refractivity contribution in [3.05, 3.63) is 89.4 Å². The Morgan fingerprint density at radius 2 is 1.81 bits per heavy atom. The molecule has 1 atom stereocenters. The summed E-state index contributed by atoms with van der Waals surface area (Å²) in [7, 11) is 0. The molecule has 7 heteroatoms. The average Bonchev–Trinajstić information content (AvgIpc) is 2.84. The summed E-state index contributed by atoms with van der Waals surface area (Å²) in [5.74, 6) is -0.714. The van der Waals surface area contributed by atoms with Gasteiger partial charge in [-0.1, -0.05) is 30.3 Å². The number of morpholine rings is 1. The molecular formula is C25H24FN3O3. The first-order valence-corrected chi connectivity index (χ1v) is 10.5. The summed E-state index contributed by atoms with van der Waals surface area (Å²) in [6.45, 7) is 1.40. The molecule has 6 nitrogen and oxygen atoms in total.